The molecule has 0 aliphatic carbocycles. The molecule has 0 amide bonds. The van der Waals surface area contributed by atoms with Crippen LogP contribution in [0.3, 0.4) is 0 Å². The number of hydrogen-bond donors (Lipinski definition) is 0. The fraction of sp³-hybridized carbons (Fsp3) is 0.412. The van der Waals surface area contributed by atoms with Crippen LogP contribution in [0.1, 0.15) is 39.0 Å². The molecule has 1 aliphatic heterocycles. The first-order chi connectivity index (χ1) is 9.16. The fourth-order valence-corrected chi connectivity index (χ4v) is 2.04. The highest BCUT2D eigenvalue weighted by atomic mass is 16.7. The highest BCUT2D eigenvalue weighted by molar-refractivity contribution is 5.16. The van der Waals surface area contributed by atoms with Crippen molar-refractivity contribution in [3.05, 3.63) is 59.4 Å². The van der Waals surface area contributed by atoms with Crippen LogP contribution in [0.5, 0.6) is 0 Å². The molecule has 0 unspecified atom stereocenters. The zero-order valence-corrected chi connectivity index (χ0v) is 11.9. The van der Waals surface area contributed by atoms with E-state index in [-0.39, 0.29) is 6.29 Å². The van der Waals surface area contributed by atoms with Gasteiger partial charge in [-0.05, 0) is 33.3 Å². The van der Waals surface area contributed by atoms with Gasteiger partial charge in [0.15, 0.2) is 0 Å². The average molecular weight is 258 g/mol. The van der Waals surface area contributed by atoms with Crippen LogP contribution in [0, 0.1) is 5.92 Å². The van der Waals surface area contributed by atoms with Crippen molar-refractivity contribution in [2.75, 3.05) is 6.61 Å². The van der Waals surface area contributed by atoms with Gasteiger partial charge in [-0.1, -0.05) is 41.5 Å². The third kappa shape index (κ3) is 3.97. The first kappa shape index (κ1) is 13.9. The molecule has 0 bridgehead atoms. The Hall–Kier alpha value is -1.54. The second kappa shape index (κ2) is 6.58. The van der Waals surface area contributed by atoms with Crippen LogP contribution in [-0.2, 0) is 9.47 Å². The van der Waals surface area contributed by atoms with E-state index in [0.29, 0.717) is 12.5 Å². The van der Waals surface area contributed by atoms with E-state index in [0.717, 1.165) is 12.0 Å². The summed E-state index contributed by atoms with van der Waals surface area (Å²) in [6, 6.07) is 10.1. The third-order valence-corrected chi connectivity index (χ3v) is 3.51. The molecular formula is C17H22O2. The average Bonchev–Trinajstić information content (AvgIpc) is 2.65. The molecule has 0 aromatic heterocycles. The summed E-state index contributed by atoms with van der Waals surface area (Å²) in [4.78, 5) is 0. The van der Waals surface area contributed by atoms with Crippen molar-refractivity contribution in [2.45, 2.75) is 33.5 Å². The van der Waals surface area contributed by atoms with E-state index in [9.17, 15) is 0 Å². The van der Waals surface area contributed by atoms with Crippen molar-refractivity contribution in [3.63, 3.8) is 0 Å². The van der Waals surface area contributed by atoms with Gasteiger partial charge in [0.05, 0.1) is 12.9 Å². The van der Waals surface area contributed by atoms with E-state index in [4.69, 9.17) is 9.47 Å². The molecule has 2 atom stereocenters. The normalized spacial score (nSPS) is 22.5. The zero-order chi connectivity index (χ0) is 13.7. The Labute approximate surface area is 115 Å². The lowest BCUT2D eigenvalue weighted by atomic mass is 9.98. The van der Waals surface area contributed by atoms with Crippen LogP contribution < -0.4 is 0 Å². The Kier molecular flexibility index (Phi) is 4.80. The molecule has 0 radical (unpaired) electrons. The van der Waals surface area contributed by atoms with Gasteiger partial charge in [0.25, 0.3) is 0 Å². The van der Waals surface area contributed by atoms with Crippen LogP contribution in [0.2, 0.25) is 0 Å². The van der Waals surface area contributed by atoms with Crippen molar-refractivity contribution >= 4 is 0 Å². The highest BCUT2D eigenvalue weighted by Gasteiger charge is 2.18. The zero-order valence-electron chi connectivity index (χ0n) is 11.9. The van der Waals surface area contributed by atoms with Gasteiger partial charge in [0.1, 0.15) is 0 Å². The van der Waals surface area contributed by atoms with Gasteiger partial charge in [-0.2, -0.15) is 0 Å². The van der Waals surface area contributed by atoms with Crippen LogP contribution in [-0.4, -0.2) is 6.61 Å². The summed E-state index contributed by atoms with van der Waals surface area (Å²) in [6.45, 7) is 7.18. The number of benzene rings is 1. The van der Waals surface area contributed by atoms with E-state index in [1.807, 2.05) is 30.3 Å². The number of ether oxygens (including phenoxy) is 2. The van der Waals surface area contributed by atoms with Gasteiger partial charge < -0.3 is 9.47 Å². The molecule has 0 spiro atoms. The lowest BCUT2D eigenvalue weighted by Crippen LogP contribution is -2.10. The Morgan fingerprint density at radius 3 is 2.58 bits per heavy atom. The summed E-state index contributed by atoms with van der Waals surface area (Å²) in [5.74, 6) is 0.392. The second-order valence-electron chi connectivity index (χ2n) is 5.29. The molecule has 1 aliphatic rings. The predicted molar refractivity (Wildman–Crippen MR) is 77.5 cm³/mol. The topological polar surface area (TPSA) is 18.5 Å². The monoisotopic (exact) mass is 258 g/mol. The van der Waals surface area contributed by atoms with Crippen LogP contribution in [0.4, 0.5) is 0 Å². The molecule has 0 fully saturated rings. The summed E-state index contributed by atoms with van der Waals surface area (Å²) in [5, 5.41) is 0. The lowest BCUT2D eigenvalue weighted by Gasteiger charge is -2.17. The number of allylic oxidation sites excluding steroid dienone is 2. The summed E-state index contributed by atoms with van der Waals surface area (Å²) in [7, 11) is 0. The maximum absolute atomic E-state index is 5.87. The first-order valence-electron chi connectivity index (χ1n) is 6.78. The third-order valence-electron chi connectivity index (χ3n) is 3.51. The predicted octanol–water partition coefficient (Wildman–Crippen LogP) is 4.61. The minimum absolute atomic E-state index is 0.283. The van der Waals surface area contributed by atoms with Gasteiger partial charge in [-0.15, -0.1) is 0 Å². The Bertz CT molecular complexity index is 455. The lowest BCUT2D eigenvalue weighted by molar-refractivity contribution is -0.108. The second-order valence-corrected chi connectivity index (χ2v) is 5.29. The minimum atomic E-state index is -0.283. The van der Waals surface area contributed by atoms with E-state index in [1.165, 1.54) is 11.1 Å². The van der Waals surface area contributed by atoms with Gasteiger partial charge >= 0.3 is 0 Å². The van der Waals surface area contributed by atoms with Gasteiger partial charge in [0, 0.05) is 11.5 Å². The SMILES string of the molecule is CC(C)=C(C)C[C@H]1C=CO[C@@H](c2ccccc2)OC1. The molecule has 1 aromatic rings. The molecule has 0 N–H and O–H groups in total. The summed E-state index contributed by atoms with van der Waals surface area (Å²) in [5.41, 5.74) is 3.88. The summed E-state index contributed by atoms with van der Waals surface area (Å²) < 4.78 is 11.5. The van der Waals surface area contributed by atoms with Crippen molar-refractivity contribution in [1.29, 1.82) is 0 Å². The van der Waals surface area contributed by atoms with Crippen LogP contribution >= 0.6 is 0 Å². The van der Waals surface area contributed by atoms with Crippen molar-refractivity contribution in [3.8, 4) is 0 Å². The molecule has 0 saturated heterocycles. The molecule has 102 valence electrons. The van der Waals surface area contributed by atoms with Gasteiger partial charge in [-0.25, -0.2) is 0 Å². The van der Waals surface area contributed by atoms with Crippen LogP contribution in [0.25, 0.3) is 0 Å². The maximum Gasteiger partial charge on any atom is 0.225 e. The molecule has 2 nitrogen and oxygen atoms in total. The van der Waals surface area contributed by atoms with Gasteiger partial charge in [0.2, 0.25) is 6.29 Å². The number of hydrogen-bond acceptors (Lipinski definition) is 2. The quantitative estimate of drug-likeness (QED) is 0.737. The molecule has 2 heteroatoms. The van der Waals surface area contributed by atoms with Crippen LogP contribution in [0.15, 0.2) is 53.8 Å². The minimum Gasteiger partial charge on any atom is -0.469 e. The van der Waals surface area contributed by atoms with Crippen molar-refractivity contribution < 1.29 is 9.47 Å². The Morgan fingerprint density at radius 2 is 1.89 bits per heavy atom. The molecule has 0 saturated carbocycles. The largest absolute Gasteiger partial charge is 0.469 e. The maximum atomic E-state index is 5.87. The Balaban J connectivity index is 1.97. The standard InChI is InChI=1S/C17H22O2/c1-13(2)14(3)11-15-9-10-18-17(19-12-15)16-7-5-4-6-8-16/h4-10,15,17H,11-12H2,1-3H3/t15-,17-/m1/s1. The van der Waals surface area contributed by atoms with E-state index in [1.54, 1.807) is 6.26 Å². The highest BCUT2D eigenvalue weighted by Crippen LogP contribution is 2.26. The van der Waals surface area contributed by atoms with E-state index >= 15 is 0 Å². The summed E-state index contributed by atoms with van der Waals surface area (Å²) in [6.07, 6.45) is 4.64. The fourth-order valence-electron chi connectivity index (χ4n) is 2.04. The molecule has 19 heavy (non-hydrogen) atoms. The molecule has 1 aromatic carbocycles. The van der Waals surface area contributed by atoms with E-state index < -0.39 is 0 Å². The van der Waals surface area contributed by atoms with Crippen molar-refractivity contribution in [2.24, 2.45) is 5.92 Å². The smallest absolute Gasteiger partial charge is 0.225 e. The van der Waals surface area contributed by atoms with E-state index in [2.05, 4.69) is 26.8 Å². The molecule has 2 rings (SSSR count). The summed E-state index contributed by atoms with van der Waals surface area (Å²) >= 11 is 0. The number of rotatable bonds is 3. The van der Waals surface area contributed by atoms with Crippen molar-refractivity contribution in [1.82, 2.24) is 0 Å². The molecule has 1 heterocycles. The Morgan fingerprint density at radius 1 is 1.16 bits per heavy atom. The van der Waals surface area contributed by atoms with Gasteiger partial charge in [-0.3, -0.25) is 0 Å². The first-order valence-corrected chi connectivity index (χ1v) is 6.78. The molecular weight excluding hydrogens is 236 g/mol.